The van der Waals surface area contributed by atoms with Crippen molar-refractivity contribution >= 4 is 11.9 Å². The maximum absolute atomic E-state index is 12.7. The molecular formula is C25H32O13. The first-order valence-electron chi connectivity index (χ1n) is 11.8. The highest BCUT2D eigenvalue weighted by Gasteiger charge is 2.46. The summed E-state index contributed by atoms with van der Waals surface area (Å²) in [6.45, 7) is 0.912. The van der Waals surface area contributed by atoms with Gasteiger partial charge in [-0.2, -0.15) is 0 Å². The Kier molecular flexibility index (Phi) is 10.1. The Morgan fingerprint density at radius 2 is 1.82 bits per heavy atom. The van der Waals surface area contributed by atoms with Crippen LogP contribution in [0, 0.1) is 5.92 Å². The molecule has 38 heavy (non-hydrogen) atoms. The summed E-state index contributed by atoms with van der Waals surface area (Å²) in [7, 11) is 1.16. The molecule has 0 bridgehead atoms. The van der Waals surface area contributed by atoms with E-state index in [-0.39, 0.29) is 36.5 Å². The quantitative estimate of drug-likeness (QED) is 0.131. The number of hydrogen-bond donors (Lipinski definition) is 6. The van der Waals surface area contributed by atoms with E-state index in [4.69, 9.17) is 23.7 Å². The first-order chi connectivity index (χ1) is 18.1. The summed E-state index contributed by atoms with van der Waals surface area (Å²) in [4.78, 5) is 25.1. The van der Waals surface area contributed by atoms with E-state index in [1.54, 1.807) is 19.1 Å². The van der Waals surface area contributed by atoms with Crippen molar-refractivity contribution in [2.45, 2.75) is 56.8 Å². The Balaban J connectivity index is 1.71. The number of hydrogen-bond acceptors (Lipinski definition) is 13. The molecule has 0 aromatic heterocycles. The molecule has 13 heteroatoms. The van der Waals surface area contributed by atoms with Gasteiger partial charge in [-0.3, -0.25) is 4.79 Å². The fourth-order valence-electron chi connectivity index (χ4n) is 4.16. The lowest BCUT2D eigenvalue weighted by Crippen LogP contribution is -2.60. The van der Waals surface area contributed by atoms with Crippen LogP contribution in [0.1, 0.15) is 18.9 Å². The fourth-order valence-corrected chi connectivity index (χ4v) is 4.16. The summed E-state index contributed by atoms with van der Waals surface area (Å²) in [5.74, 6) is -2.89. The van der Waals surface area contributed by atoms with Gasteiger partial charge in [0.2, 0.25) is 6.29 Å². The Morgan fingerprint density at radius 3 is 2.45 bits per heavy atom. The van der Waals surface area contributed by atoms with Gasteiger partial charge in [0, 0.05) is 17.9 Å². The summed E-state index contributed by atoms with van der Waals surface area (Å²) in [5, 5.41) is 58.8. The number of esters is 2. The van der Waals surface area contributed by atoms with Crippen LogP contribution >= 0.6 is 0 Å². The number of benzene rings is 1. The Hall–Kier alpha value is -3.20. The van der Waals surface area contributed by atoms with Crippen LogP contribution in [0.15, 0.2) is 41.7 Å². The average molecular weight is 541 g/mol. The predicted octanol–water partition coefficient (Wildman–Crippen LogP) is -0.634. The molecule has 0 aliphatic carbocycles. The normalized spacial score (nSPS) is 30.3. The minimum atomic E-state index is -1.69. The summed E-state index contributed by atoms with van der Waals surface area (Å²) in [5.41, 5.74) is 0.927. The third kappa shape index (κ3) is 6.62. The van der Waals surface area contributed by atoms with E-state index in [1.165, 1.54) is 12.1 Å². The van der Waals surface area contributed by atoms with Gasteiger partial charge in [0.15, 0.2) is 17.8 Å². The predicted molar refractivity (Wildman–Crippen MR) is 126 cm³/mol. The number of methoxy groups -OCH3 is 1. The fraction of sp³-hybridized carbons (Fsp3) is 0.520. The van der Waals surface area contributed by atoms with E-state index in [2.05, 4.69) is 0 Å². The second-order valence-corrected chi connectivity index (χ2v) is 8.71. The molecule has 2 heterocycles. The number of carbonyl (C=O) groups is 2. The van der Waals surface area contributed by atoms with Gasteiger partial charge in [0.1, 0.15) is 24.4 Å². The topological polar surface area (TPSA) is 202 Å². The second kappa shape index (κ2) is 13.0. The van der Waals surface area contributed by atoms with Crippen LogP contribution in [0.3, 0.4) is 0 Å². The smallest absolute Gasteiger partial charge is 0.337 e. The van der Waals surface area contributed by atoms with E-state index in [9.17, 15) is 40.2 Å². The van der Waals surface area contributed by atoms with Gasteiger partial charge in [-0.25, -0.2) is 4.79 Å². The lowest BCUT2D eigenvalue weighted by Gasteiger charge is -2.41. The van der Waals surface area contributed by atoms with Crippen molar-refractivity contribution in [2.24, 2.45) is 5.92 Å². The van der Waals surface area contributed by atoms with E-state index >= 15 is 0 Å². The van der Waals surface area contributed by atoms with Crippen LogP contribution in [0.5, 0.6) is 11.5 Å². The second-order valence-electron chi connectivity index (χ2n) is 8.71. The van der Waals surface area contributed by atoms with E-state index in [1.807, 2.05) is 0 Å². The molecule has 1 fully saturated rings. The third-order valence-corrected chi connectivity index (χ3v) is 6.29. The van der Waals surface area contributed by atoms with Crippen molar-refractivity contribution in [3.8, 4) is 11.5 Å². The minimum absolute atomic E-state index is 0.00894. The van der Waals surface area contributed by atoms with Crippen LogP contribution in [0.25, 0.3) is 0 Å². The maximum atomic E-state index is 12.7. The molecular weight excluding hydrogens is 508 g/mol. The number of ether oxygens (including phenoxy) is 5. The van der Waals surface area contributed by atoms with Crippen molar-refractivity contribution in [2.75, 3.05) is 20.3 Å². The number of aliphatic hydroxyl groups is 4. The molecule has 0 unspecified atom stereocenters. The molecule has 1 aromatic rings. The van der Waals surface area contributed by atoms with E-state index in [0.717, 1.165) is 13.4 Å². The Morgan fingerprint density at radius 1 is 1.08 bits per heavy atom. The summed E-state index contributed by atoms with van der Waals surface area (Å²) in [6, 6.07) is 4.23. The molecule has 2 aliphatic heterocycles. The number of rotatable bonds is 9. The molecule has 0 spiro atoms. The zero-order valence-corrected chi connectivity index (χ0v) is 20.8. The zero-order valence-electron chi connectivity index (χ0n) is 20.8. The zero-order chi connectivity index (χ0) is 28.0. The SMILES string of the molecule is C/C=C1/[C@H](O[C@@H]2O[C@@H](CO)[C@@H](O)[C@H](O)[C@H]2O)OC=C(C(=O)OC)[C@H]1CC(=O)OCCc1ccc(O)c(O)c1. The van der Waals surface area contributed by atoms with E-state index in [0.29, 0.717) is 11.1 Å². The molecule has 210 valence electrons. The van der Waals surface area contributed by atoms with Gasteiger partial charge in [0.05, 0.1) is 38.6 Å². The number of phenolic OH excluding ortho intramolecular Hbond substituents is 2. The monoisotopic (exact) mass is 540 g/mol. The van der Waals surface area contributed by atoms with Gasteiger partial charge in [0.25, 0.3) is 0 Å². The van der Waals surface area contributed by atoms with Crippen LogP contribution < -0.4 is 0 Å². The first-order valence-corrected chi connectivity index (χ1v) is 11.8. The van der Waals surface area contributed by atoms with Crippen molar-refractivity contribution in [1.29, 1.82) is 0 Å². The van der Waals surface area contributed by atoms with Crippen LogP contribution in [0.2, 0.25) is 0 Å². The molecule has 0 radical (unpaired) electrons. The van der Waals surface area contributed by atoms with E-state index < -0.39 is 61.5 Å². The van der Waals surface area contributed by atoms with Crippen molar-refractivity contribution in [3.05, 3.63) is 47.2 Å². The van der Waals surface area contributed by atoms with Crippen LogP contribution in [-0.2, 0) is 39.7 Å². The largest absolute Gasteiger partial charge is 0.504 e. The number of aliphatic hydroxyl groups excluding tert-OH is 4. The highest BCUT2D eigenvalue weighted by Crippen LogP contribution is 2.36. The minimum Gasteiger partial charge on any atom is -0.504 e. The van der Waals surface area contributed by atoms with Gasteiger partial charge < -0.3 is 54.3 Å². The molecule has 1 aromatic carbocycles. The van der Waals surface area contributed by atoms with Gasteiger partial charge in [-0.15, -0.1) is 0 Å². The Bertz CT molecular complexity index is 1050. The van der Waals surface area contributed by atoms with Crippen LogP contribution in [-0.4, -0.2) is 99.9 Å². The molecule has 1 saturated heterocycles. The summed E-state index contributed by atoms with van der Waals surface area (Å²) < 4.78 is 26.7. The molecule has 0 amide bonds. The lowest BCUT2D eigenvalue weighted by atomic mass is 9.86. The lowest BCUT2D eigenvalue weighted by molar-refractivity contribution is -0.327. The molecule has 6 N–H and O–H groups in total. The van der Waals surface area contributed by atoms with Crippen molar-refractivity contribution in [3.63, 3.8) is 0 Å². The van der Waals surface area contributed by atoms with Crippen molar-refractivity contribution < 1.29 is 63.9 Å². The Labute approximate surface area is 218 Å². The van der Waals surface area contributed by atoms with Gasteiger partial charge in [-0.05, 0) is 24.6 Å². The number of carbonyl (C=O) groups excluding carboxylic acids is 2. The third-order valence-electron chi connectivity index (χ3n) is 6.29. The first kappa shape index (κ1) is 29.4. The molecule has 7 atom stereocenters. The highest BCUT2D eigenvalue weighted by atomic mass is 16.8. The molecule has 3 rings (SSSR count). The molecule has 0 saturated carbocycles. The molecule has 13 nitrogen and oxygen atoms in total. The summed E-state index contributed by atoms with van der Waals surface area (Å²) >= 11 is 0. The van der Waals surface area contributed by atoms with Gasteiger partial charge in [-0.1, -0.05) is 12.1 Å². The number of phenols is 2. The number of aromatic hydroxyl groups is 2. The van der Waals surface area contributed by atoms with Crippen molar-refractivity contribution in [1.82, 2.24) is 0 Å². The standard InChI is InChI=1S/C25H32O13/c1-3-13-14(9-19(29)35-7-6-12-4-5-16(27)17(28)8-12)15(23(33)34-2)11-36-24(13)38-25-22(32)21(31)20(30)18(10-26)37-25/h3-5,8,11,14,18,20-22,24-28,30-32H,6-7,9-10H2,1-2H3/b13-3+/t14-,18-,20+,21-,22+,24-,25-/m0/s1. The maximum Gasteiger partial charge on any atom is 0.337 e. The van der Waals surface area contributed by atoms with Gasteiger partial charge >= 0.3 is 11.9 Å². The van der Waals surface area contributed by atoms with Crippen LogP contribution in [0.4, 0.5) is 0 Å². The molecule has 2 aliphatic rings. The number of allylic oxidation sites excluding steroid dienone is 1. The highest BCUT2D eigenvalue weighted by molar-refractivity contribution is 5.90. The summed E-state index contributed by atoms with van der Waals surface area (Å²) in [6.07, 6.45) is -6.39. The average Bonchev–Trinajstić information content (AvgIpc) is 2.90.